The maximum atomic E-state index is 13.6. The number of aryl methyl sites for hydroxylation is 1. The third-order valence-corrected chi connectivity index (χ3v) is 7.58. The Hall–Kier alpha value is -4.50. The van der Waals surface area contributed by atoms with Crippen LogP contribution in [0.4, 0.5) is 11.4 Å². The first kappa shape index (κ1) is 25.6. The summed E-state index contributed by atoms with van der Waals surface area (Å²) >= 11 is 0. The quantitative estimate of drug-likeness (QED) is 0.249. The second kappa shape index (κ2) is 11.0. The normalized spacial score (nSPS) is 11.9. The number of nitro groups is 1. The molecular formula is C28H25N3O5S. The van der Waals surface area contributed by atoms with E-state index < -0.39 is 33.4 Å². The van der Waals surface area contributed by atoms with Crippen LogP contribution < -0.4 is 9.62 Å². The Morgan fingerprint density at radius 1 is 0.865 bits per heavy atom. The molecule has 4 aromatic rings. The van der Waals surface area contributed by atoms with E-state index in [9.17, 15) is 23.3 Å². The molecule has 4 rings (SSSR count). The summed E-state index contributed by atoms with van der Waals surface area (Å²) in [6, 6.07) is 29.4. The molecule has 0 aromatic heterocycles. The van der Waals surface area contributed by atoms with Gasteiger partial charge >= 0.3 is 0 Å². The molecule has 9 heteroatoms. The van der Waals surface area contributed by atoms with Crippen LogP contribution in [0.3, 0.4) is 0 Å². The Kier molecular flexibility index (Phi) is 7.64. The lowest BCUT2D eigenvalue weighted by atomic mass is 9.98. The summed E-state index contributed by atoms with van der Waals surface area (Å²) in [5.74, 6) is -0.569. The first-order valence-electron chi connectivity index (χ1n) is 11.5. The van der Waals surface area contributed by atoms with Crippen molar-refractivity contribution in [2.24, 2.45) is 0 Å². The Balaban J connectivity index is 1.71. The zero-order valence-corrected chi connectivity index (χ0v) is 20.8. The topological polar surface area (TPSA) is 110 Å². The predicted molar refractivity (Wildman–Crippen MR) is 142 cm³/mol. The number of carbonyl (C=O) groups excluding carboxylic acids is 1. The number of non-ortho nitro benzene ring substituents is 1. The molecule has 37 heavy (non-hydrogen) atoms. The number of rotatable bonds is 9. The van der Waals surface area contributed by atoms with Gasteiger partial charge in [0, 0.05) is 12.1 Å². The molecule has 1 unspecified atom stereocenters. The van der Waals surface area contributed by atoms with E-state index in [1.165, 1.54) is 30.3 Å². The summed E-state index contributed by atoms with van der Waals surface area (Å²) in [6.45, 7) is 1.39. The van der Waals surface area contributed by atoms with Crippen molar-refractivity contribution < 1.29 is 18.1 Å². The summed E-state index contributed by atoms with van der Waals surface area (Å²) in [4.78, 5) is 24.1. The standard InChI is InChI=1S/C28H25N3O5S/c1-21-15-17-23(18-16-21)28(22-9-4-2-5-10-22)29-27(32)20-30(24-11-8-12-25(19-24)31(33)34)37(35,36)26-13-6-3-7-14-26/h2-19,28H,20H2,1H3,(H,29,32). The Morgan fingerprint density at radius 3 is 2.08 bits per heavy atom. The number of nitro benzene ring substituents is 1. The molecule has 0 aliphatic carbocycles. The Bertz CT molecular complexity index is 1490. The number of sulfonamides is 1. The molecule has 0 fully saturated rings. The second-order valence-electron chi connectivity index (χ2n) is 8.42. The van der Waals surface area contributed by atoms with Crippen molar-refractivity contribution in [1.82, 2.24) is 5.32 Å². The number of hydrogen-bond donors (Lipinski definition) is 1. The second-order valence-corrected chi connectivity index (χ2v) is 10.3. The summed E-state index contributed by atoms with van der Waals surface area (Å²) < 4.78 is 28.1. The van der Waals surface area contributed by atoms with E-state index in [1.807, 2.05) is 61.5 Å². The van der Waals surface area contributed by atoms with Crippen molar-refractivity contribution in [2.75, 3.05) is 10.8 Å². The minimum absolute atomic E-state index is 0.0137. The SMILES string of the molecule is Cc1ccc(C(NC(=O)CN(c2cccc([N+](=O)[O-])c2)S(=O)(=O)c2ccccc2)c2ccccc2)cc1. The van der Waals surface area contributed by atoms with E-state index in [0.717, 1.165) is 27.1 Å². The molecule has 4 aromatic carbocycles. The molecular weight excluding hydrogens is 490 g/mol. The number of benzene rings is 4. The van der Waals surface area contributed by atoms with Crippen molar-refractivity contribution in [1.29, 1.82) is 0 Å². The van der Waals surface area contributed by atoms with Gasteiger partial charge < -0.3 is 5.32 Å². The van der Waals surface area contributed by atoms with Gasteiger partial charge in [-0.2, -0.15) is 0 Å². The summed E-state index contributed by atoms with van der Waals surface area (Å²) in [6.07, 6.45) is 0. The fourth-order valence-corrected chi connectivity index (χ4v) is 5.33. The molecule has 8 nitrogen and oxygen atoms in total. The van der Waals surface area contributed by atoms with E-state index in [1.54, 1.807) is 18.2 Å². The van der Waals surface area contributed by atoms with Gasteiger partial charge in [0.1, 0.15) is 6.54 Å². The van der Waals surface area contributed by atoms with Crippen molar-refractivity contribution in [3.63, 3.8) is 0 Å². The average molecular weight is 516 g/mol. The molecule has 1 amide bonds. The van der Waals surface area contributed by atoms with Gasteiger partial charge in [-0.3, -0.25) is 19.2 Å². The lowest BCUT2D eigenvalue weighted by molar-refractivity contribution is -0.384. The number of nitrogens with zero attached hydrogens (tertiary/aromatic N) is 2. The van der Waals surface area contributed by atoms with Crippen molar-refractivity contribution in [2.45, 2.75) is 17.9 Å². The van der Waals surface area contributed by atoms with Crippen LogP contribution in [0.5, 0.6) is 0 Å². The van der Waals surface area contributed by atoms with Crippen molar-refractivity contribution >= 4 is 27.3 Å². The van der Waals surface area contributed by atoms with Gasteiger partial charge in [-0.25, -0.2) is 8.42 Å². The molecule has 0 saturated carbocycles. The predicted octanol–water partition coefficient (Wildman–Crippen LogP) is 5.00. The highest BCUT2D eigenvalue weighted by atomic mass is 32.2. The molecule has 0 radical (unpaired) electrons. The largest absolute Gasteiger partial charge is 0.344 e. The van der Waals surface area contributed by atoms with Crippen LogP contribution in [-0.4, -0.2) is 25.8 Å². The van der Waals surface area contributed by atoms with Crippen LogP contribution in [0.15, 0.2) is 114 Å². The molecule has 1 N–H and O–H groups in total. The van der Waals surface area contributed by atoms with E-state index >= 15 is 0 Å². The highest BCUT2D eigenvalue weighted by Crippen LogP contribution is 2.28. The van der Waals surface area contributed by atoms with E-state index in [0.29, 0.717) is 0 Å². The van der Waals surface area contributed by atoms with Gasteiger partial charge in [0.25, 0.3) is 15.7 Å². The number of nitrogens with one attached hydrogen (secondary N) is 1. The van der Waals surface area contributed by atoms with Gasteiger partial charge in [-0.05, 0) is 36.2 Å². The molecule has 0 spiro atoms. The first-order chi connectivity index (χ1) is 17.8. The summed E-state index contributed by atoms with van der Waals surface area (Å²) in [7, 11) is -4.21. The molecule has 0 saturated heterocycles. The van der Waals surface area contributed by atoms with Crippen LogP contribution >= 0.6 is 0 Å². The third kappa shape index (κ3) is 6.02. The van der Waals surface area contributed by atoms with Gasteiger partial charge in [0.15, 0.2) is 0 Å². The highest BCUT2D eigenvalue weighted by molar-refractivity contribution is 7.92. The number of amides is 1. The molecule has 188 valence electrons. The highest BCUT2D eigenvalue weighted by Gasteiger charge is 2.29. The first-order valence-corrected chi connectivity index (χ1v) is 12.9. The van der Waals surface area contributed by atoms with Crippen LogP contribution in [0.1, 0.15) is 22.7 Å². The third-order valence-electron chi connectivity index (χ3n) is 5.80. The number of carbonyl (C=O) groups is 1. The van der Waals surface area contributed by atoms with Crippen LogP contribution in [0.25, 0.3) is 0 Å². The zero-order valence-electron chi connectivity index (χ0n) is 20.0. The average Bonchev–Trinajstić information content (AvgIpc) is 2.92. The maximum absolute atomic E-state index is 13.6. The number of hydrogen-bond acceptors (Lipinski definition) is 5. The van der Waals surface area contributed by atoms with Crippen molar-refractivity contribution in [3.05, 3.63) is 136 Å². The molecule has 0 aliphatic rings. The van der Waals surface area contributed by atoms with Crippen LogP contribution in [-0.2, 0) is 14.8 Å². The minimum Gasteiger partial charge on any atom is -0.344 e. The Morgan fingerprint density at radius 2 is 1.46 bits per heavy atom. The van der Waals surface area contributed by atoms with Gasteiger partial charge in [-0.15, -0.1) is 0 Å². The molecule has 0 bridgehead atoms. The zero-order chi connectivity index (χ0) is 26.4. The van der Waals surface area contributed by atoms with E-state index in [4.69, 9.17) is 0 Å². The minimum atomic E-state index is -4.21. The molecule has 0 aliphatic heterocycles. The van der Waals surface area contributed by atoms with Crippen LogP contribution in [0.2, 0.25) is 0 Å². The fraction of sp³-hybridized carbons (Fsp3) is 0.107. The maximum Gasteiger partial charge on any atom is 0.271 e. The Labute approximate surface area is 215 Å². The fourth-order valence-electron chi connectivity index (χ4n) is 3.90. The van der Waals surface area contributed by atoms with Gasteiger partial charge in [0.2, 0.25) is 5.91 Å². The molecule has 1 atom stereocenters. The lowest BCUT2D eigenvalue weighted by Gasteiger charge is -2.26. The van der Waals surface area contributed by atoms with E-state index in [2.05, 4.69) is 5.32 Å². The lowest BCUT2D eigenvalue weighted by Crippen LogP contribution is -2.42. The monoisotopic (exact) mass is 515 g/mol. The van der Waals surface area contributed by atoms with Crippen LogP contribution in [0, 0.1) is 17.0 Å². The smallest absolute Gasteiger partial charge is 0.271 e. The van der Waals surface area contributed by atoms with Gasteiger partial charge in [-0.1, -0.05) is 84.4 Å². The van der Waals surface area contributed by atoms with Gasteiger partial charge in [0.05, 0.1) is 21.5 Å². The molecule has 0 heterocycles. The van der Waals surface area contributed by atoms with E-state index in [-0.39, 0.29) is 16.3 Å². The number of anilines is 1. The van der Waals surface area contributed by atoms with Crippen molar-refractivity contribution in [3.8, 4) is 0 Å². The summed E-state index contributed by atoms with van der Waals surface area (Å²) in [5, 5.41) is 14.3. The summed E-state index contributed by atoms with van der Waals surface area (Å²) in [5.41, 5.74) is 2.45.